The van der Waals surface area contributed by atoms with E-state index in [0.717, 1.165) is 22.3 Å². The molecule has 142 valence electrons. The predicted octanol–water partition coefficient (Wildman–Crippen LogP) is 3.56. The van der Waals surface area contributed by atoms with Crippen LogP contribution >= 0.6 is 0 Å². The highest BCUT2D eigenvalue weighted by Gasteiger charge is 2.25. The Morgan fingerprint density at radius 3 is 2.44 bits per heavy atom. The predicted molar refractivity (Wildman–Crippen MR) is 105 cm³/mol. The van der Waals surface area contributed by atoms with Crippen LogP contribution in [-0.2, 0) is 9.53 Å². The summed E-state index contributed by atoms with van der Waals surface area (Å²) in [6.45, 7) is 9.76. The van der Waals surface area contributed by atoms with Gasteiger partial charge >= 0.3 is 5.97 Å². The monoisotopic (exact) mass is 367 g/mol. The van der Waals surface area contributed by atoms with Gasteiger partial charge in [0, 0.05) is 11.5 Å². The van der Waals surface area contributed by atoms with Crippen LogP contribution < -0.4 is 5.56 Å². The van der Waals surface area contributed by atoms with E-state index in [1.165, 1.54) is 4.57 Å². The molecule has 6 heteroatoms. The van der Waals surface area contributed by atoms with Gasteiger partial charge in [0.25, 0.3) is 5.56 Å². The minimum Gasteiger partial charge on any atom is -0.464 e. The molecule has 0 aliphatic carbocycles. The van der Waals surface area contributed by atoms with Crippen LogP contribution in [0.4, 0.5) is 0 Å². The lowest BCUT2D eigenvalue weighted by atomic mass is 10.1. The van der Waals surface area contributed by atoms with Crippen molar-refractivity contribution in [3.63, 3.8) is 0 Å². The van der Waals surface area contributed by atoms with Gasteiger partial charge in [-0.2, -0.15) is 5.10 Å². The number of rotatable bonds is 5. The molecule has 3 rings (SSSR count). The quantitative estimate of drug-likeness (QED) is 0.647. The maximum Gasteiger partial charge on any atom is 0.329 e. The fraction of sp³-hybridized carbons (Fsp3) is 0.381. The van der Waals surface area contributed by atoms with Gasteiger partial charge < -0.3 is 4.74 Å². The number of nitrogens with zero attached hydrogens (tertiary/aromatic N) is 3. The van der Waals surface area contributed by atoms with Crippen LogP contribution in [0.5, 0.6) is 0 Å². The maximum absolute atomic E-state index is 12.8. The van der Waals surface area contributed by atoms with E-state index in [9.17, 15) is 9.59 Å². The Balaban J connectivity index is 2.23. The largest absolute Gasteiger partial charge is 0.464 e. The van der Waals surface area contributed by atoms with Gasteiger partial charge in [-0.1, -0.05) is 32.0 Å². The zero-order chi connectivity index (χ0) is 19.7. The Hall–Kier alpha value is -2.89. The molecule has 0 saturated carbocycles. The van der Waals surface area contributed by atoms with Gasteiger partial charge in [-0.15, -0.1) is 0 Å². The molecule has 0 unspecified atom stereocenters. The lowest BCUT2D eigenvalue weighted by Crippen LogP contribution is -2.31. The van der Waals surface area contributed by atoms with Crippen molar-refractivity contribution in [1.29, 1.82) is 0 Å². The van der Waals surface area contributed by atoms with E-state index in [0.29, 0.717) is 12.3 Å². The summed E-state index contributed by atoms with van der Waals surface area (Å²) in [5, 5.41) is 5.52. The third kappa shape index (κ3) is 3.52. The van der Waals surface area contributed by atoms with Gasteiger partial charge in [0.15, 0.2) is 0 Å². The summed E-state index contributed by atoms with van der Waals surface area (Å²) in [5.41, 5.74) is 2.84. The molecule has 2 aromatic heterocycles. The smallest absolute Gasteiger partial charge is 0.329 e. The molecule has 0 fully saturated rings. The molecular weight excluding hydrogens is 342 g/mol. The standard InChI is InChI=1S/C21H25N3O3/c1-13(2)12-27-21(26)16(5)23-18(25)11-14(3)19-15(4)22-24(20(19)23)17-9-7-6-8-10-17/h6-11,13,16H,12H2,1-5H3/t16-/m0/s1. The van der Waals surface area contributed by atoms with Crippen molar-refractivity contribution in [1.82, 2.24) is 14.3 Å². The number of hydrogen-bond acceptors (Lipinski definition) is 4. The molecule has 3 aromatic rings. The molecule has 6 nitrogen and oxygen atoms in total. The molecule has 0 aliphatic rings. The number of carbonyl (C=O) groups excluding carboxylic acids is 1. The van der Waals surface area contributed by atoms with Crippen LogP contribution in [0.1, 0.15) is 38.1 Å². The zero-order valence-corrected chi connectivity index (χ0v) is 16.4. The number of pyridine rings is 1. The molecule has 0 N–H and O–H groups in total. The molecule has 0 spiro atoms. The lowest BCUT2D eigenvalue weighted by Gasteiger charge is -2.18. The second-order valence-corrected chi connectivity index (χ2v) is 7.27. The van der Waals surface area contributed by atoms with Crippen LogP contribution in [0.3, 0.4) is 0 Å². The Kier molecular flexibility index (Phi) is 5.17. The summed E-state index contributed by atoms with van der Waals surface area (Å²) in [6.07, 6.45) is 0. The van der Waals surface area contributed by atoms with Crippen molar-refractivity contribution in [3.8, 4) is 5.69 Å². The Bertz CT molecular complexity index is 1030. The van der Waals surface area contributed by atoms with Gasteiger partial charge in [0.2, 0.25) is 0 Å². The zero-order valence-electron chi connectivity index (χ0n) is 16.4. The first-order chi connectivity index (χ1) is 12.8. The van der Waals surface area contributed by atoms with Gasteiger partial charge in [-0.25, -0.2) is 9.48 Å². The van der Waals surface area contributed by atoms with Crippen LogP contribution in [0.25, 0.3) is 16.7 Å². The van der Waals surface area contributed by atoms with E-state index in [2.05, 4.69) is 5.10 Å². The minimum atomic E-state index is -0.752. The minimum absolute atomic E-state index is 0.230. The van der Waals surface area contributed by atoms with Crippen LogP contribution in [0.2, 0.25) is 0 Å². The second kappa shape index (κ2) is 7.39. The highest BCUT2D eigenvalue weighted by molar-refractivity contribution is 5.85. The highest BCUT2D eigenvalue weighted by Crippen LogP contribution is 2.26. The number of aryl methyl sites for hydroxylation is 2. The molecule has 0 amide bonds. The molecule has 2 heterocycles. The van der Waals surface area contributed by atoms with Crippen molar-refractivity contribution in [2.45, 2.75) is 40.7 Å². The van der Waals surface area contributed by atoms with Crippen molar-refractivity contribution < 1.29 is 9.53 Å². The van der Waals surface area contributed by atoms with E-state index in [1.54, 1.807) is 17.7 Å². The van der Waals surface area contributed by atoms with E-state index >= 15 is 0 Å². The summed E-state index contributed by atoms with van der Waals surface area (Å²) in [7, 11) is 0. The average Bonchev–Trinajstić information content (AvgIpc) is 2.97. The van der Waals surface area contributed by atoms with Crippen molar-refractivity contribution in [3.05, 3.63) is 58.0 Å². The SMILES string of the molecule is Cc1cc(=O)n([C@@H](C)C(=O)OCC(C)C)c2c1c(C)nn2-c1ccccc1. The molecule has 0 saturated heterocycles. The van der Waals surface area contributed by atoms with Gasteiger partial charge in [-0.05, 0) is 44.4 Å². The number of hydrogen-bond donors (Lipinski definition) is 0. The fourth-order valence-electron chi connectivity index (χ4n) is 3.23. The van der Waals surface area contributed by atoms with E-state index < -0.39 is 12.0 Å². The molecule has 27 heavy (non-hydrogen) atoms. The number of esters is 1. The normalized spacial score (nSPS) is 12.5. The first-order valence-corrected chi connectivity index (χ1v) is 9.14. The molecule has 1 atom stereocenters. The number of fused-ring (bicyclic) bond motifs is 1. The molecule has 0 radical (unpaired) electrons. The summed E-state index contributed by atoms with van der Waals surface area (Å²) < 4.78 is 8.59. The molecular formula is C21H25N3O3. The Morgan fingerprint density at radius 2 is 1.81 bits per heavy atom. The van der Waals surface area contributed by atoms with Crippen LogP contribution in [0.15, 0.2) is 41.2 Å². The first kappa shape index (κ1) is 18.9. The van der Waals surface area contributed by atoms with E-state index in [4.69, 9.17) is 4.74 Å². The Morgan fingerprint density at radius 1 is 1.15 bits per heavy atom. The summed E-state index contributed by atoms with van der Waals surface area (Å²) in [6, 6.07) is 10.4. The van der Waals surface area contributed by atoms with Gasteiger partial charge in [0.05, 0.1) is 18.0 Å². The van der Waals surface area contributed by atoms with Crippen molar-refractivity contribution >= 4 is 17.0 Å². The average molecular weight is 367 g/mol. The number of carbonyl (C=O) groups is 1. The third-order valence-electron chi connectivity index (χ3n) is 4.52. The maximum atomic E-state index is 12.8. The third-order valence-corrected chi connectivity index (χ3v) is 4.52. The van der Waals surface area contributed by atoms with Gasteiger partial charge in [-0.3, -0.25) is 9.36 Å². The number of para-hydroxylation sites is 1. The summed E-state index contributed by atoms with van der Waals surface area (Å²) in [5.74, 6) is -0.192. The number of aromatic nitrogens is 3. The van der Waals surface area contributed by atoms with Crippen LogP contribution in [0, 0.1) is 19.8 Å². The number of benzene rings is 1. The Labute approximate surface area is 158 Å². The molecule has 1 aromatic carbocycles. The van der Waals surface area contributed by atoms with E-state index in [-0.39, 0.29) is 11.5 Å². The first-order valence-electron chi connectivity index (χ1n) is 9.14. The summed E-state index contributed by atoms with van der Waals surface area (Å²) >= 11 is 0. The molecule has 0 bridgehead atoms. The van der Waals surface area contributed by atoms with Crippen LogP contribution in [-0.4, -0.2) is 26.9 Å². The lowest BCUT2D eigenvalue weighted by molar-refractivity contribution is -0.148. The topological polar surface area (TPSA) is 66.1 Å². The fourth-order valence-corrected chi connectivity index (χ4v) is 3.23. The van der Waals surface area contributed by atoms with Crippen molar-refractivity contribution in [2.75, 3.05) is 6.61 Å². The highest BCUT2D eigenvalue weighted by atomic mass is 16.5. The second-order valence-electron chi connectivity index (χ2n) is 7.27. The number of ether oxygens (including phenoxy) is 1. The summed E-state index contributed by atoms with van der Waals surface area (Å²) in [4.78, 5) is 25.4. The van der Waals surface area contributed by atoms with Gasteiger partial charge in [0.1, 0.15) is 11.7 Å². The van der Waals surface area contributed by atoms with E-state index in [1.807, 2.05) is 58.0 Å². The van der Waals surface area contributed by atoms with Crippen molar-refractivity contribution in [2.24, 2.45) is 5.92 Å². The molecule has 0 aliphatic heterocycles.